The smallest absolute Gasteiger partial charge is 0.254 e. The summed E-state index contributed by atoms with van der Waals surface area (Å²) in [7, 11) is 0. The molecule has 1 aliphatic heterocycles. The van der Waals surface area contributed by atoms with Gasteiger partial charge in [-0.1, -0.05) is 13.5 Å². The van der Waals surface area contributed by atoms with E-state index in [1.165, 1.54) is 12.3 Å². The van der Waals surface area contributed by atoms with E-state index in [0.29, 0.717) is 24.6 Å². The summed E-state index contributed by atoms with van der Waals surface area (Å²) in [5, 5.41) is 10.9. The average Bonchev–Trinajstić information content (AvgIpc) is 3.66. The topological polar surface area (TPSA) is 157 Å². The molecule has 37 heavy (non-hydrogen) atoms. The number of anilines is 4. The molecule has 4 heterocycles. The first-order valence-corrected chi connectivity index (χ1v) is 12.5. The number of aromatic nitrogens is 6. The van der Waals surface area contributed by atoms with Gasteiger partial charge in [-0.2, -0.15) is 10.1 Å². The lowest BCUT2D eigenvalue weighted by molar-refractivity contribution is -0.127. The third-order valence-electron chi connectivity index (χ3n) is 6.67. The number of carbonyl (C=O) groups is 2. The van der Waals surface area contributed by atoms with Crippen molar-refractivity contribution in [1.82, 2.24) is 34.6 Å². The number of nitrogens with two attached hydrogens (primary N) is 1. The van der Waals surface area contributed by atoms with E-state index in [9.17, 15) is 9.59 Å². The Labute approximate surface area is 214 Å². The fraction of sp³-hybridized carbons (Fsp3) is 0.400. The van der Waals surface area contributed by atoms with Gasteiger partial charge in [0.05, 0.1) is 35.0 Å². The summed E-state index contributed by atoms with van der Waals surface area (Å²) >= 11 is 0. The number of piperidine rings is 1. The Morgan fingerprint density at radius 2 is 2.03 bits per heavy atom. The predicted molar refractivity (Wildman–Crippen MR) is 138 cm³/mol. The first-order valence-electron chi connectivity index (χ1n) is 12.5. The molecule has 3 aromatic heterocycles. The molecule has 1 saturated heterocycles. The van der Waals surface area contributed by atoms with Crippen LogP contribution < -0.4 is 16.4 Å². The Balaban J connectivity index is 1.38. The molecule has 1 saturated carbocycles. The second kappa shape index (κ2) is 10.3. The highest BCUT2D eigenvalue weighted by Crippen LogP contribution is 2.43. The lowest BCUT2D eigenvalue weighted by Crippen LogP contribution is -2.39. The lowest BCUT2D eigenvalue weighted by Gasteiger charge is -2.32. The number of nitrogens with zero attached hydrogens (tertiary/aromatic N) is 7. The van der Waals surface area contributed by atoms with Crippen molar-refractivity contribution in [3.05, 3.63) is 54.5 Å². The first kappa shape index (κ1) is 24.3. The summed E-state index contributed by atoms with van der Waals surface area (Å²) in [6.45, 7) is 6.89. The van der Waals surface area contributed by atoms with E-state index >= 15 is 0 Å². The molecule has 0 spiro atoms. The van der Waals surface area contributed by atoms with Gasteiger partial charge in [0.25, 0.3) is 5.91 Å². The maximum Gasteiger partial charge on any atom is 0.254 e. The minimum Gasteiger partial charge on any atom is -0.365 e. The summed E-state index contributed by atoms with van der Waals surface area (Å²) < 4.78 is 1.85. The second-order valence-electron chi connectivity index (χ2n) is 9.27. The van der Waals surface area contributed by atoms with Crippen LogP contribution in [0, 0.1) is 0 Å². The molecule has 0 radical (unpaired) electrons. The van der Waals surface area contributed by atoms with Crippen LogP contribution in [-0.2, 0) is 11.2 Å². The van der Waals surface area contributed by atoms with Gasteiger partial charge in [-0.3, -0.25) is 14.3 Å². The van der Waals surface area contributed by atoms with Gasteiger partial charge in [0.1, 0.15) is 17.7 Å². The molecule has 192 valence electrons. The highest BCUT2D eigenvalue weighted by atomic mass is 16.2. The molecule has 2 amide bonds. The number of likely N-dealkylation sites (tertiary alicyclic amines) is 1. The van der Waals surface area contributed by atoms with Crippen LogP contribution in [0.4, 0.5) is 23.1 Å². The number of hydrogen-bond donors (Lipinski definition) is 3. The van der Waals surface area contributed by atoms with Gasteiger partial charge in [0.15, 0.2) is 0 Å². The van der Waals surface area contributed by atoms with Crippen LogP contribution in [0.15, 0.2) is 37.6 Å². The van der Waals surface area contributed by atoms with E-state index in [0.717, 1.165) is 49.3 Å². The van der Waals surface area contributed by atoms with E-state index < -0.39 is 5.91 Å². The molecule has 2 aliphatic rings. The van der Waals surface area contributed by atoms with Crippen LogP contribution >= 0.6 is 0 Å². The summed E-state index contributed by atoms with van der Waals surface area (Å²) in [5.41, 5.74) is 9.01. The normalized spacial score (nSPS) is 17.3. The molecule has 1 atom stereocenters. The zero-order valence-corrected chi connectivity index (χ0v) is 20.7. The molecular weight excluding hydrogens is 472 g/mol. The van der Waals surface area contributed by atoms with Crippen LogP contribution in [0.1, 0.15) is 66.3 Å². The summed E-state index contributed by atoms with van der Waals surface area (Å²) in [5.74, 6) is 0.228. The van der Waals surface area contributed by atoms with Gasteiger partial charge in [0, 0.05) is 31.4 Å². The quantitative estimate of drug-likeness (QED) is 0.374. The Hall–Kier alpha value is -4.35. The highest BCUT2D eigenvalue weighted by Gasteiger charge is 2.30. The van der Waals surface area contributed by atoms with E-state index in [2.05, 4.69) is 42.2 Å². The molecule has 12 heteroatoms. The number of primary amides is 1. The van der Waals surface area contributed by atoms with E-state index in [-0.39, 0.29) is 29.3 Å². The summed E-state index contributed by atoms with van der Waals surface area (Å²) in [6, 6.07) is 0.0648. The maximum absolute atomic E-state index is 12.1. The van der Waals surface area contributed by atoms with E-state index in [1.54, 1.807) is 17.4 Å². The van der Waals surface area contributed by atoms with E-state index in [4.69, 9.17) is 5.73 Å². The van der Waals surface area contributed by atoms with Gasteiger partial charge in [-0.15, -0.1) is 0 Å². The second-order valence-corrected chi connectivity index (χ2v) is 9.27. The monoisotopic (exact) mass is 502 g/mol. The molecule has 5 rings (SSSR count). The molecule has 3 aromatic rings. The van der Waals surface area contributed by atoms with E-state index in [1.807, 2.05) is 17.8 Å². The fourth-order valence-electron chi connectivity index (χ4n) is 4.58. The number of carbonyl (C=O) groups excluding carboxylic acids is 2. The number of amides is 2. The number of rotatable bonds is 9. The molecule has 2 fully saturated rings. The number of hydrogen-bond acceptors (Lipinski definition) is 9. The van der Waals surface area contributed by atoms with Crippen LogP contribution in [0.25, 0.3) is 0 Å². The van der Waals surface area contributed by atoms with Gasteiger partial charge in [-0.25, -0.2) is 15.0 Å². The Bertz CT molecular complexity index is 1330. The predicted octanol–water partition coefficient (Wildman–Crippen LogP) is 2.84. The van der Waals surface area contributed by atoms with Crippen molar-refractivity contribution in [2.75, 3.05) is 23.7 Å². The van der Waals surface area contributed by atoms with Crippen LogP contribution in [-0.4, -0.2) is 59.5 Å². The molecule has 12 nitrogen and oxygen atoms in total. The molecule has 0 aromatic carbocycles. The number of aryl methyl sites for hydroxylation is 1. The molecule has 4 N–H and O–H groups in total. The van der Waals surface area contributed by atoms with Crippen molar-refractivity contribution in [3.63, 3.8) is 0 Å². The SMILES string of the molecule is C=CC(=O)N1CCC[C@@H](n2cc(Nc3ncc(C(N)=O)c(Nc4c(CC)ncnc4C4CC4)n3)cn2)C1. The minimum atomic E-state index is -0.638. The van der Waals surface area contributed by atoms with Crippen LogP contribution in [0.3, 0.4) is 0 Å². The zero-order valence-electron chi connectivity index (χ0n) is 20.7. The molecule has 0 bridgehead atoms. The lowest BCUT2D eigenvalue weighted by atomic mass is 10.1. The van der Waals surface area contributed by atoms with Crippen molar-refractivity contribution in [1.29, 1.82) is 0 Å². The Kier molecular flexibility index (Phi) is 6.80. The standard InChI is InChI=1S/C25H30N10O2/c1-3-19-22(21(15-7-8-15)29-14-28-19)32-24-18(23(26)37)11-27-25(33-24)31-16-10-30-35(12-16)17-6-5-9-34(13-17)20(36)4-2/h4,10-12,14-15,17H,2-3,5-9,13H2,1H3,(H2,26,37)(H2,27,31,32,33)/t17-/m1/s1. The highest BCUT2D eigenvalue weighted by molar-refractivity contribution is 5.98. The minimum absolute atomic E-state index is 0.0648. The largest absolute Gasteiger partial charge is 0.365 e. The average molecular weight is 503 g/mol. The van der Waals surface area contributed by atoms with Crippen molar-refractivity contribution >= 4 is 35.0 Å². The number of nitrogens with one attached hydrogen (secondary N) is 2. The van der Waals surface area contributed by atoms with Crippen molar-refractivity contribution < 1.29 is 9.59 Å². The Morgan fingerprint density at radius 1 is 1.19 bits per heavy atom. The summed E-state index contributed by atoms with van der Waals surface area (Å²) in [6.07, 6.45) is 12.5. The van der Waals surface area contributed by atoms with Crippen LogP contribution in [0.5, 0.6) is 0 Å². The van der Waals surface area contributed by atoms with Gasteiger partial charge in [0.2, 0.25) is 11.9 Å². The van der Waals surface area contributed by atoms with Crippen molar-refractivity contribution in [3.8, 4) is 0 Å². The molecule has 1 aliphatic carbocycles. The fourth-order valence-corrected chi connectivity index (χ4v) is 4.58. The molecule has 0 unspecified atom stereocenters. The third-order valence-corrected chi connectivity index (χ3v) is 6.67. The van der Waals surface area contributed by atoms with Crippen molar-refractivity contribution in [2.45, 2.75) is 51.0 Å². The van der Waals surface area contributed by atoms with Gasteiger partial charge < -0.3 is 21.3 Å². The molecular formula is C25H30N10O2. The maximum atomic E-state index is 12.1. The first-order chi connectivity index (χ1) is 18.0. The van der Waals surface area contributed by atoms with Crippen LogP contribution in [0.2, 0.25) is 0 Å². The van der Waals surface area contributed by atoms with Crippen molar-refractivity contribution in [2.24, 2.45) is 5.73 Å². The van der Waals surface area contributed by atoms with Gasteiger partial charge >= 0.3 is 0 Å². The third kappa shape index (κ3) is 5.27. The van der Waals surface area contributed by atoms with Gasteiger partial charge in [-0.05, 0) is 38.2 Å². The Morgan fingerprint density at radius 3 is 2.76 bits per heavy atom. The zero-order chi connectivity index (χ0) is 25.9. The summed E-state index contributed by atoms with van der Waals surface area (Å²) in [4.78, 5) is 43.7.